The van der Waals surface area contributed by atoms with Gasteiger partial charge in [-0.2, -0.15) is 0 Å². The maximum Gasteiger partial charge on any atom is 0.271 e. The van der Waals surface area contributed by atoms with Gasteiger partial charge in [0, 0.05) is 12.1 Å². The van der Waals surface area contributed by atoms with Crippen molar-refractivity contribution in [1.82, 2.24) is 0 Å². The molecule has 104 valence electrons. The zero-order valence-corrected chi connectivity index (χ0v) is 10.9. The molecule has 0 heterocycles. The van der Waals surface area contributed by atoms with Crippen LogP contribution in [0.5, 0.6) is 11.5 Å². The number of nitrogens with two attached hydrogens (primary N) is 1. The second-order valence-corrected chi connectivity index (χ2v) is 5.38. The van der Waals surface area contributed by atoms with Crippen LogP contribution in [-0.4, -0.2) is 13.3 Å². The van der Waals surface area contributed by atoms with E-state index in [1.54, 1.807) is 30.3 Å². The molecule has 7 nitrogen and oxygen atoms in total. The fourth-order valence-corrected chi connectivity index (χ4v) is 2.21. The normalized spacial score (nSPS) is 11.1. The van der Waals surface area contributed by atoms with E-state index >= 15 is 0 Å². The molecular formula is C12H10N2O5S. The van der Waals surface area contributed by atoms with E-state index < -0.39 is 19.8 Å². The smallest absolute Gasteiger partial charge is 0.271 e. The molecule has 2 N–H and O–H groups in total. The maximum atomic E-state index is 11.5. The average molecular weight is 294 g/mol. The molecular weight excluding hydrogens is 284 g/mol. The van der Waals surface area contributed by atoms with Crippen LogP contribution in [0.15, 0.2) is 53.4 Å². The van der Waals surface area contributed by atoms with Crippen LogP contribution >= 0.6 is 0 Å². The highest BCUT2D eigenvalue weighted by Gasteiger charge is 2.20. The third-order valence-electron chi connectivity index (χ3n) is 2.42. The van der Waals surface area contributed by atoms with Crippen LogP contribution in [0, 0.1) is 10.1 Å². The number of nitro benzene ring substituents is 1. The Morgan fingerprint density at radius 2 is 1.75 bits per heavy atom. The Labute approximate surface area is 114 Å². The molecule has 0 amide bonds. The van der Waals surface area contributed by atoms with E-state index in [1.165, 1.54) is 6.07 Å². The molecule has 2 rings (SSSR count). The lowest BCUT2D eigenvalue weighted by atomic mass is 10.3. The van der Waals surface area contributed by atoms with E-state index in [4.69, 9.17) is 9.88 Å². The number of ether oxygens (including phenoxy) is 1. The number of para-hydroxylation sites is 1. The Morgan fingerprint density at radius 1 is 1.10 bits per heavy atom. The molecule has 0 saturated carbocycles. The Balaban J connectivity index is 2.50. The molecule has 0 aliphatic heterocycles. The van der Waals surface area contributed by atoms with E-state index in [1.807, 2.05) is 0 Å². The molecule has 0 radical (unpaired) electrons. The van der Waals surface area contributed by atoms with Gasteiger partial charge in [-0.1, -0.05) is 18.2 Å². The minimum atomic E-state index is -4.14. The summed E-state index contributed by atoms with van der Waals surface area (Å²) in [6, 6.07) is 11.6. The fraction of sp³-hybridized carbons (Fsp3) is 0. The van der Waals surface area contributed by atoms with Gasteiger partial charge in [0.05, 0.1) is 4.92 Å². The quantitative estimate of drug-likeness (QED) is 0.684. The summed E-state index contributed by atoms with van der Waals surface area (Å²) >= 11 is 0. The van der Waals surface area contributed by atoms with Gasteiger partial charge in [0.1, 0.15) is 16.4 Å². The van der Waals surface area contributed by atoms with E-state index in [2.05, 4.69) is 0 Å². The minimum Gasteiger partial charge on any atom is -0.456 e. The second kappa shape index (κ2) is 5.27. The first-order chi connectivity index (χ1) is 9.38. The number of nitrogens with zero attached hydrogens (tertiary/aromatic N) is 1. The van der Waals surface area contributed by atoms with Crippen molar-refractivity contribution < 1.29 is 18.1 Å². The molecule has 0 aromatic heterocycles. The van der Waals surface area contributed by atoms with Gasteiger partial charge in [-0.15, -0.1) is 0 Å². The van der Waals surface area contributed by atoms with E-state index in [0.29, 0.717) is 5.75 Å². The van der Waals surface area contributed by atoms with Gasteiger partial charge in [0.2, 0.25) is 10.0 Å². The SMILES string of the molecule is NS(=O)(=O)c1cc([N+](=O)[O-])ccc1Oc1ccccc1. The lowest BCUT2D eigenvalue weighted by molar-refractivity contribution is -0.385. The molecule has 0 saturated heterocycles. The van der Waals surface area contributed by atoms with Crippen molar-refractivity contribution in [1.29, 1.82) is 0 Å². The van der Waals surface area contributed by atoms with E-state index in [-0.39, 0.29) is 11.4 Å². The number of primary sulfonamides is 1. The predicted molar refractivity (Wildman–Crippen MR) is 71.0 cm³/mol. The van der Waals surface area contributed by atoms with Crippen LogP contribution in [-0.2, 0) is 10.0 Å². The van der Waals surface area contributed by atoms with Crippen LogP contribution in [0.3, 0.4) is 0 Å². The predicted octanol–water partition coefficient (Wildman–Crippen LogP) is 2.03. The molecule has 8 heteroatoms. The Bertz CT molecular complexity index is 744. The summed E-state index contributed by atoms with van der Waals surface area (Å²) < 4.78 is 28.4. The summed E-state index contributed by atoms with van der Waals surface area (Å²) in [6.07, 6.45) is 0. The third kappa shape index (κ3) is 3.11. The van der Waals surface area contributed by atoms with Gasteiger partial charge >= 0.3 is 0 Å². The molecule has 0 aliphatic carbocycles. The zero-order valence-electron chi connectivity index (χ0n) is 10.1. The van der Waals surface area contributed by atoms with Gasteiger partial charge in [0.15, 0.2) is 0 Å². The van der Waals surface area contributed by atoms with Crippen LogP contribution in [0.25, 0.3) is 0 Å². The summed E-state index contributed by atoms with van der Waals surface area (Å²) in [4.78, 5) is 9.54. The summed E-state index contributed by atoms with van der Waals surface area (Å²) in [7, 11) is -4.14. The average Bonchev–Trinajstić information content (AvgIpc) is 2.39. The van der Waals surface area contributed by atoms with Crippen LogP contribution < -0.4 is 9.88 Å². The summed E-state index contributed by atoms with van der Waals surface area (Å²) in [5.41, 5.74) is -0.380. The van der Waals surface area contributed by atoms with Crippen molar-refractivity contribution in [2.75, 3.05) is 0 Å². The number of nitro groups is 1. The van der Waals surface area contributed by atoms with Gasteiger partial charge in [0.25, 0.3) is 5.69 Å². The molecule has 2 aromatic carbocycles. The van der Waals surface area contributed by atoms with Gasteiger partial charge in [-0.05, 0) is 18.2 Å². The summed E-state index contributed by atoms with van der Waals surface area (Å²) in [5.74, 6) is 0.329. The molecule has 0 fully saturated rings. The highest BCUT2D eigenvalue weighted by atomic mass is 32.2. The first kappa shape index (κ1) is 14.0. The number of hydrogen-bond acceptors (Lipinski definition) is 5. The Kier molecular flexibility index (Phi) is 3.68. The molecule has 0 spiro atoms. The van der Waals surface area contributed by atoms with Crippen LogP contribution in [0.4, 0.5) is 5.69 Å². The number of hydrogen-bond donors (Lipinski definition) is 1. The standard InChI is InChI=1S/C12H10N2O5S/c13-20(17,18)12-8-9(14(15)16)6-7-11(12)19-10-4-2-1-3-5-10/h1-8H,(H2,13,17,18). The van der Waals surface area contributed by atoms with Crippen molar-refractivity contribution in [3.8, 4) is 11.5 Å². The first-order valence-corrected chi connectivity index (χ1v) is 6.97. The second-order valence-electron chi connectivity index (χ2n) is 3.85. The summed E-state index contributed by atoms with van der Waals surface area (Å²) in [6.45, 7) is 0. The van der Waals surface area contributed by atoms with E-state index in [0.717, 1.165) is 12.1 Å². The lowest BCUT2D eigenvalue weighted by Crippen LogP contribution is -2.13. The number of sulfonamides is 1. The maximum absolute atomic E-state index is 11.5. The fourth-order valence-electron chi connectivity index (χ4n) is 1.53. The van der Waals surface area contributed by atoms with Gasteiger partial charge < -0.3 is 4.74 Å². The number of benzene rings is 2. The van der Waals surface area contributed by atoms with Crippen molar-refractivity contribution in [2.45, 2.75) is 4.90 Å². The van der Waals surface area contributed by atoms with Crippen LogP contribution in [0.1, 0.15) is 0 Å². The Hall–Kier alpha value is -2.45. The molecule has 20 heavy (non-hydrogen) atoms. The number of non-ortho nitro benzene ring substituents is 1. The van der Waals surface area contributed by atoms with Gasteiger partial charge in [-0.3, -0.25) is 10.1 Å². The van der Waals surface area contributed by atoms with Gasteiger partial charge in [-0.25, -0.2) is 13.6 Å². The van der Waals surface area contributed by atoms with Crippen LogP contribution in [0.2, 0.25) is 0 Å². The Morgan fingerprint density at radius 3 is 2.30 bits per heavy atom. The minimum absolute atomic E-state index is 0.0655. The van der Waals surface area contributed by atoms with Crippen molar-refractivity contribution in [2.24, 2.45) is 5.14 Å². The lowest BCUT2D eigenvalue weighted by Gasteiger charge is -2.09. The highest BCUT2D eigenvalue weighted by molar-refractivity contribution is 7.89. The van der Waals surface area contributed by atoms with Crippen molar-refractivity contribution >= 4 is 15.7 Å². The van der Waals surface area contributed by atoms with Crippen molar-refractivity contribution in [3.05, 3.63) is 58.6 Å². The highest BCUT2D eigenvalue weighted by Crippen LogP contribution is 2.31. The number of rotatable bonds is 4. The molecule has 2 aromatic rings. The topological polar surface area (TPSA) is 113 Å². The monoisotopic (exact) mass is 294 g/mol. The van der Waals surface area contributed by atoms with E-state index in [9.17, 15) is 18.5 Å². The molecule has 0 bridgehead atoms. The molecule has 0 atom stereocenters. The molecule has 0 aliphatic rings. The largest absolute Gasteiger partial charge is 0.456 e. The first-order valence-electron chi connectivity index (χ1n) is 5.42. The molecule has 0 unspecified atom stereocenters. The third-order valence-corrected chi connectivity index (χ3v) is 3.35. The summed E-state index contributed by atoms with van der Waals surface area (Å²) in [5, 5.41) is 15.7. The van der Waals surface area contributed by atoms with Crippen molar-refractivity contribution in [3.63, 3.8) is 0 Å². The zero-order chi connectivity index (χ0) is 14.8.